The third kappa shape index (κ3) is 5.97. The predicted molar refractivity (Wildman–Crippen MR) is 98.8 cm³/mol. The summed E-state index contributed by atoms with van der Waals surface area (Å²) in [6, 6.07) is 5.30. The molecule has 0 unspecified atom stereocenters. The zero-order chi connectivity index (χ0) is 18.3. The number of hydrogen-bond acceptors (Lipinski definition) is 6. The lowest BCUT2D eigenvalue weighted by Crippen LogP contribution is -2.36. The summed E-state index contributed by atoms with van der Waals surface area (Å²) in [5, 5.41) is 3.23. The Morgan fingerprint density at radius 1 is 1.28 bits per heavy atom. The number of ether oxygens (including phenoxy) is 1. The van der Waals surface area contributed by atoms with Crippen molar-refractivity contribution in [1.82, 2.24) is 0 Å². The van der Waals surface area contributed by atoms with Crippen LogP contribution in [0.25, 0.3) is 0 Å². The maximum absolute atomic E-state index is 12.4. The fourth-order valence-corrected chi connectivity index (χ4v) is 4.32. The van der Waals surface area contributed by atoms with Crippen LogP contribution in [0.4, 0.5) is 11.4 Å². The summed E-state index contributed by atoms with van der Waals surface area (Å²) >= 11 is 6.34. The number of nitrogens with one attached hydrogen (secondary N) is 1. The van der Waals surface area contributed by atoms with Gasteiger partial charge in [0.15, 0.2) is 0 Å². The van der Waals surface area contributed by atoms with E-state index in [-0.39, 0.29) is 19.4 Å². The first-order valence-electron chi connectivity index (χ1n) is 8.27. The number of nitrogens with zero attached hydrogens (tertiary/aromatic N) is 1. The zero-order valence-corrected chi connectivity index (χ0v) is 16.1. The molecule has 1 aliphatic heterocycles. The number of halogens is 1. The van der Waals surface area contributed by atoms with Gasteiger partial charge in [0.1, 0.15) is 6.16 Å². The molecular weight excluding hydrogens is 367 g/mol. The van der Waals surface area contributed by atoms with E-state index < -0.39 is 13.5 Å². The Hall–Kier alpha value is -1.11. The zero-order valence-electron chi connectivity index (χ0n) is 14.5. The molecule has 0 atom stereocenters. The topological polar surface area (TPSA) is 77.1 Å². The number of morpholine rings is 1. The highest BCUT2D eigenvalue weighted by Crippen LogP contribution is 2.47. The van der Waals surface area contributed by atoms with Crippen LogP contribution in [-0.2, 0) is 23.1 Å². The molecule has 7 nitrogen and oxygen atoms in total. The van der Waals surface area contributed by atoms with Crippen LogP contribution in [0, 0.1) is 0 Å². The van der Waals surface area contributed by atoms with Gasteiger partial charge in [0.2, 0.25) is 5.91 Å². The molecule has 1 amide bonds. The molecule has 1 N–H and O–H groups in total. The van der Waals surface area contributed by atoms with Crippen LogP contribution in [0.15, 0.2) is 18.2 Å². The third-order valence-electron chi connectivity index (χ3n) is 3.57. The van der Waals surface area contributed by atoms with Gasteiger partial charge in [0, 0.05) is 18.8 Å². The van der Waals surface area contributed by atoms with Crippen LogP contribution in [0.2, 0.25) is 5.02 Å². The second-order valence-corrected chi connectivity index (χ2v) is 7.88. The Bertz CT molecular complexity index is 627. The van der Waals surface area contributed by atoms with Crippen LogP contribution >= 0.6 is 19.2 Å². The Kier molecular flexibility index (Phi) is 7.72. The van der Waals surface area contributed by atoms with E-state index in [9.17, 15) is 9.36 Å². The number of carbonyl (C=O) groups is 1. The van der Waals surface area contributed by atoms with Crippen LogP contribution in [0.5, 0.6) is 0 Å². The van der Waals surface area contributed by atoms with E-state index in [4.69, 9.17) is 25.4 Å². The van der Waals surface area contributed by atoms with Crippen LogP contribution in [-0.4, -0.2) is 51.6 Å². The molecule has 25 heavy (non-hydrogen) atoms. The van der Waals surface area contributed by atoms with E-state index in [2.05, 4.69) is 10.2 Å². The summed E-state index contributed by atoms with van der Waals surface area (Å²) in [4.78, 5) is 14.3. The van der Waals surface area contributed by atoms with Crippen molar-refractivity contribution < 1.29 is 23.1 Å². The minimum absolute atomic E-state index is 0.213. The first-order chi connectivity index (χ1) is 12.0. The lowest BCUT2D eigenvalue weighted by Gasteiger charge is -2.29. The SMILES string of the molecule is CCOP(=O)(CC(=O)Nc1ccc(N2CCOCC2)c(Cl)c1)OCC. The van der Waals surface area contributed by atoms with Crippen molar-refractivity contribution in [3.8, 4) is 0 Å². The van der Waals surface area contributed by atoms with Crippen molar-refractivity contribution in [3.05, 3.63) is 23.2 Å². The van der Waals surface area contributed by atoms with Gasteiger partial charge in [-0.3, -0.25) is 9.36 Å². The van der Waals surface area contributed by atoms with Gasteiger partial charge in [-0.25, -0.2) is 0 Å². The highest BCUT2D eigenvalue weighted by Gasteiger charge is 2.27. The number of rotatable bonds is 8. The largest absolute Gasteiger partial charge is 0.378 e. The summed E-state index contributed by atoms with van der Waals surface area (Å²) in [7, 11) is -3.42. The first kappa shape index (κ1) is 20.2. The molecule has 9 heteroatoms. The fourth-order valence-electron chi connectivity index (χ4n) is 2.54. The lowest BCUT2D eigenvalue weighted by atomic mass is 10.2. The smallest absolute Gasteiger partial charge is 0.340 e. The Labute approximate surface area is 153 Å². The number of hydrogen-bond donors (Lipinski definition) is 1. The first-order valence-corrected chi connectivity index (χ1v) is 10.4. The molecular formula is C16H24ClN2O5P. The molecule has 0 aliphatic carbocycles. The summed E-state index contributed by atoms with van der Waals surface area (Å²) in [5.74, 6) is -0.444. The van der Waals surface area contributed by atoms with Crippen LogP contribution < -0.4 is 10.2 Å². The number of amides is 1. The van der Waals surface area contributed by atoms with Crippen molar-refractivity contribution in [1.29, 1.82) is 0 Å². The summed E-state index contributed by atoms with van der Waals surface area (Å²) < 4.78 is 28.0. The van der Waals surface area contributed by atoms with Gasteiger partial charge >= 0.3 is 7.60 Å². The Balaban J connectivity index is 2.01. The quantitative estimate of drug-likeness (QED) is 0.686. The van der Waals surface area contributed by atoms with Gasteiger partial charge < -0.3 is 24.0 Å². The number of anilines is 2. The Morgan fingerprint density at radius 2 is 1.92 bits per heavy atom. The van der Waals surface area contributed by atoms with Crippen molar-refractivity contribution in [2.75, 3.05) is 55.9 Å². The molecule has 1 saturated heterocycles. The predicted octanol–water partition coefficient (Wildman–Crippen LogP) is 3.38. The summed E-state index contributed by atoms with van der Waals surface area (Å²) in [6.07, 6.45) is -0.336. The van der Waals surface area contributed by atoms with Gasteiger partial charge in [0.25, 0.3) is 0 Å². The second kappa shape index (κ2) is 9.55. The van der Waals surface area contributed by atoms with E-state index in [1.165, 1.54) is 0 Å². The van der Waals surface area contributed by atoms with Gasteiger partial charge in [-0.15, -0.1) is 0 Å². The molecule has 1 heterocycles. The minimum atomic E-state index is -3.42. The lowest BCUT2D eigenvalue weighted by molar-refractivity contribution is -0.114. The van der Waals surface area contributed by atoms with Gasteiger partial charge in [0.05, 0.1) is 37.1 Å². The molecule has 1 aliphatic rings. The monoisotopic (exact) mass is 390 g/mol. The maximum atomic E-state index is 12.4. The van der Waals surface area contributed by atoms with Crippen molar-refractivity contribution in [3.63, 3.8) is 0 Å². The van der Waals surface area contributed by atoms with Gasteiger partial charge in [-0.1, -0.05) is 11.6 Å². The molecule has 0 spiro atoms. The van der Waals surface area contributed by atoms with Crippen LogP contribution in [0.1, 0.15) is 13.8 Å². The molecule has 140 valence electrons. The second-order valence-electron chi connectivity index (χ2n) is 5.42. The molecule has 1 aromatic rings. The summed E-state index contributed by atoms with van der Waals surface area (Å²) in [6.45, 7) is 6.71. The maximum Gasteiger partial charge on any atom is 0.340 e. The average Bonchev–Trinajstić information content (AvgIpc) is 2.55. The molecule has 2 rings (SSSR count). The number of benzene rings is 1. The van der Waals surface area contributed by atoms with Crippen molar-refractivity contribution in [2.45, 2.75) is 13.8 Å². The summed E-state index contributed by atoms with van der Waals surface area (Å²) in [5.41, 5.74) is 1.43. The molecule has 0 saturated carbocycles. The standard InChI is InChI=1S/C16H24ClN2O5P/c1-3-23-25(21,24-4-2)12-16(20)18-13-5-6-15(14(17)11-13)19-7-9-22-10-8-19/h5-6,11H,3-4,7-10,12H2,1-2H3,(H,18,20). The van der Waals surface area contributed by atoms with Crippen molar-refractivity contribution in [2.24, 2.45) is 0 Å². The Morgan fingerprint density at radius 3 is 2.48 bits per heavy atom. The fraction of sp³-hybridized carbons (Fsp3) is 0.562. The number of carbonyl (C=O) groups excluding carboxylic acids is 1. The molecule has 0 bridgehead atoms. The van der Waals surface area contributed by atoms with E-state index >= 15 is 0 Å². The minimum Gasteiger partial charge on any atom is -0.378 e. The molecule has 0 aromatic heterocycles. The normalized spacial score (nSPS) is 15.2. The van der Waals surface area contributed by atoms with Gasteiger partial charge in [-0.2, -0.15) is 0 Å². The van der Waals surface area contributed by atoms with Crippen molar-refractivity contribution >= 4 is 36.5 Å². The van der Waals surface area contributed by atoms with Gasteiger partial charge in [-0.05, 0) is 32.0 Å². The highest BCUT2D eigenvalue weighted by molar-refractivity contribution is 7.54. The molecule has 0 radical (unpaired) electrons. The molecule has 1 aromatic carbocycles. The average molecular weight is 391 g/mol. The van der Waals surface area contributed by atoms with E-state index in [1.807, 2.05) is 6.07 Å². The van der Waals surface area contributed by atoms with Crippen LogP contribution in [0.3, 0.4) is 0 Å². The molecule has 1 fully saturated rings. The third-order valence-corrected chi connectivity index (χ3v) is 5.85. The van der Waals surface area contributed by atoms with E-state index in [1.54, 1.807) is 26.0 Å². The van der Waals surface area contributed by atoms with E-state index in [0.717, 1.165) is 18.8 Å². The highest BCUT2D eigenvalue weighted by atomic mass is 35.5. The van der Waals surface area contributed by atoms with E-state index in [0.29, 0.717) is 23.9 Å².